The van der Waals surface area contributed by atoms with Crippen LogP contribution in [0, 0.1) is 0 Å². The molecule has 2 saturated heterocycles. The van der Waals surface area contributed by atoms with Crippen molar-refractivity contribution < 1.29 is 4.39 Å². The molecule has 2 aliphatic heterocycles. The largest absolute Gasteiger partial charge is 0.311 e. The first-order valence-corrected chi connectivity index (χ1v) is 7.17. The van der Waals surface area contributed by atoms with Gasteiger partial charge in [0.25, 0.3) is 0 Å². The number of alkyl halides is 1. The van der Waals surface area contributed by atoms with E-state index in [1.54, 1.807) is 0 Å². The Kier molecular flexibility index (Phi) is 4.23. The van der Waals surface area contributed by atoms with E-state index in [1.165, 1.54) is 38.5 Å². The van der Waals surface area contributed by atoms with Gasteiger partial charge >= 0.3 is 0 Å². The Balaban J connectivity index is 1.67. The molecule has 1 N–H and O–H groups in total. The topological polar surface area (TPSA) is 12.0 Å². The molecule has 2 fully saturated rings. The van der Waals surface area contributed by atoms with Gasteiger partial charge in [-0.25, -0.2) is 4.39 Å². The van der Waals surface area contributed by atoms with Crippen LogP contribution in [0.25, 0.3) is 0 Å². The number of fused-ring (bicyclic) bond motifs is 2. The molecule has 94 valence electrons. The highest BCUT2D eigenvalue weighted by atomic mass is 19.1. The van der Waals surface area contributed by atoms with Crippen LogP contribution >= 0.6 is 0 Å². The normalized spacial score (nSPS) is 37.9. The molecule has 0 saturated carbocycles. The van der Waals surface area contributed by atoms with Gasteiger partial charge < -0.3 is 5.32 Å². The summed E-state index contributed by atoms with van der Waals surface area (Å²) in [6.45, 7) is 2.22. The molecule has 0 aromatic heterocycles. The lowest BCUT2D eigenvalue weighted by atomic mass is 9.85. The minimum atomic E-state index is -0.830. The lowest BCUT2D eigenvalue weighted by Crippen LogP contribution is -2.46. The number of halogens is 1. The van der Waals surface area contributed by atoms with Crippen molar-refractivity contribution in [3.8, 4) is 0 Å². The van der Waals surface area contributed by atoms with Crippen LogP contribution in [0.1, 0.15) is 71.1 Å². The van der Waals surface area contributed by atoms with E-state index >= 15 is 0 Å². The van der Waals surface area contributed by atoms with Gasteiger partial charge in [-0.1, -0.05) is 39.0 Å². The molecule has 0 spiro atoms. The highest BCUT2D eigenvalue weighted by molar-refractivity contribution is 4.99. The van der Waals surface area contributed by atoms with Crippen LogP contribution in [0.3, 0.4) is 0 Å². The van der Waals surface area contributed by atoms with E-state index in [1.807, 2.05) is 0 Å². The van der Waals surface area contributed by atoms with Crippen LogP contribution in [0.5, 0.6) is 0 Å². The van der Waals surface area contributed by atoms with Gasteiger partial charge in [0.1, 0.15) is 5.67 Å². The van der Waals surface area contributed by atoms with Crippen molar-refractivity contribution in [2.45, 2.75) is 88.9 Å². The van der Waals surface area contributed by atoms with Crippen molar-refractivity contribution in [2.24, 2.45) is 0 Å². The van der Waals surface area contributed by atoms with Crippen molar-refractivity contribution in [1.82, 2.24) is 5.32 Å². The van der Waals surface area contributed by atoms with Gasteiger partial charge in [-0.15, -0.1) is 0 Å². The lowest BCUT2D eigenvalue weighted by Gasteiger charge is -2.35. The number of unbranched alkanes of at least 4 members (excludes halogenated alkanes) is 4. The number of nitrogens with one attached hydrogen (secondary N) is 1. The summed E-state index contributed by atoms with van der Waals surface area (Å²) < 4.78 is 14.6. The maximum Gasteiger partial charge on any atom is 0.114 e. The molecule has 2 aliphatic rings. The Morgan fingerprint density at radius 1 is 1.06 bits per heavy atom. The fourth-order valence-corrected chi connectivity index (χ4v) is 3.44. The van der Waals surface area contributed by atoms with E-state index in [9.17, 15) is 4.39 Å². The van der Waals surface area contributed by atoms with Gasteiger partial charge in [-0.3, -0.25) is 0 Å². The molecule has 1 nitrogen and oxygen atoms in total. The number of hydrogen-bond acceptors (Lipinski definition) is 1. The van der Waals surface area contributed by atoms with Crippen molar-refractivity contribution in [3.63, 3.8) is 0 Å². The zero-order chi connectivity index (χ0) is 11.4. The first-order chi connectivity index (χ1) is 7.72. The van der Waals surface area contributed by atoms with Crippen LogP contribution in [0.2, 0.25) is 0 Å². The van der Waals surface area contributed by atoms with E-state index in [0.29, 0.717) is 12.1 Å². The molecule has 0 radical (unpaired) electrons. The van der Waals surface area contributed by atoms with Crippen molar-refractivity contribution >= 4 is 0 Å². The molecule has 2 bridgehead atoms. The molecule has 2 atom stereocenters. The Labute approximate surface area is 99.2 Å². The number of piperidine rings is 1. The van der Waals surface area contributed by atoms with Gasteiger partial charge in [0.05, 0.1) is 0 Å². The SMILES string of the molecule is CCCCCCCC1(F)CC2CCC(C1)N2. The molecule has 2 heteroatoms. The lowest BCUT2D eigenvalue weighted by molar-refractivity contribution is 0.0763. The van der Waals surface area contributed by atoms with Gasteiger partial charge in [0.15, 0.2) is 0 Å². The van der Waals surface area contributed by atoms with E-state index in [0.717, 1.165) is 25.7 Å². The summed E-state index contributed by atoms with van der Waals surface area (Å²) in [5.74, 6) is 0. The quantitative estimate of drug-likeness (QED) is 0.677. The molecule has 2 heterocycles. The van der Waals surface area contributed by atoms with Crippen molar-refractivity contribution in [3.05, 3.63) is 0 Å². The fraction of sp³-hybridized carbons (Fsp3) is 1.00. The third-order valence-corrected chi connectivity index (χ3v) is 4.29. The molecule has 0 aliphatic carbocycles. The smallest absolute Gasteiger partial charge is 0.114 e. The van der Waals surface area contributed by atoms with Crippen LogP contribution in [0.15, 0.2) is 0 Å². The van der Waals surface area contributed by atoms with Crippen LogP contribution < -0.4 is 5.32 Å². The minimum absolute atomic E-state index is 0.486. The highest BCUT2D eigenvalue weighted by Gasteiger charge is 2.43. The molecule has 2 unspecified atom stereocenters. The summed E-state index contributed by atoms with van der Waals surface area (Å²) in [5.41, 5.74) is -0.830. The second-order valence-corrected chi connectivity index (χ2v) is 5.86. The van der Waals surface area contributed by atoms with Gasteiger partial charge in [-0.2, -0.15) is 0 Å². The van der Waals surface area contributed by atoms with E-state index in [4.69, 9.17) is 0 Å². The third-order valence-electron chi connectivity index (χ3n) is 4.29. The summed E-state index contributed by atoms with van der Waals surface area (Å²) >= 11 is 0. The van der Waals surface area contributed by atoms with Gasteiger partial charge in [0.2, 0.25) is 0 Å². The summed E-state index contributed by atoms with van der Waals surface area (Å²) in [6, 6.07) is 0.971. The van der Waals surface area contributed by atoms with Gasteiger partial charge in [0, 0.05) is 12.1 Å². The average Bonchev–Trinajstić information content (AvgIpc) is 2.58. The number of rotatable bonds is 6. The minimum Gasteiger partial charge on any atom is -0.311 e. The van der Waals surface area contributed by atoms with Crippen LogP contribution in [0.4, 0.5) is 4.39 Å². The Morgan fingerprint density at radius 2 is 1.69 bits per heavy atom. The zero-order valence-corrected chi connectivity index (χ0v) is 10.6. The van der Waals surface area contributed by atoms with Crippen LogP contribution in [-0.4, -0.2) is 17.8 Å². The second kappa shape index (κ2) is 5.48. The zero-order valence-electron chi connectivity index (χ0n) is 10.6. The molecule has 0 aromatic carbocycles. The predicted molar refractivity (Wildman–Crippen MR) is 66.4 cm³/mol. The summed E-state index contributed by atoms with van der Waals surface area (Å²) in [6.07, 6.45) is 11.0. The summed E-state index contributed by atoms with van der Waals surface area (Å²) in [4.78, 5) is 0. The maximum atomic E-state index is 14.6. The molecule has 16 heavy (non-hydrogen) atoms. The maximum absolute atomic E-state index is 14.6. The average molecular weight is 227 g/mol. The fourth-order valence-electron chi connectivity index (χ4n) is 3.44. The predicted octanol–water partition coefficient (Wildman–Crippen LogP) is 3.97. The Hall–Kier alpha value is -0.110. The Morgan fingerprint density at radius 3 is 2.31 bits per heavy atom. The van der Waals surface area contributed by atoms with Crippen molar-refractivity contribution in [1.29, 1.82) is 0 Å². The monoisotopic (exact) mass is 227 g/mol. The molecular weight excluding hydrogens is 201 g/mol. The number of hydrogen-bond donors (Lipinski definition) is 1. The van der Waals surface area contributed by atoms with Crippen LogP contribution in [-0.2, 0) is 0 Å². The first kappa shape index (κ1) is 12.3. The summed E-state index contributed by atoms with van der Waals surface area (Å²) in [7, 11) is 0. The molecule has 2 rings (SSSR count). The van der Waals surface area contributed by atoms with Crippen molar-refractivity contribution in [2.75, 3.05) is 0 Å². The van der Waals surface area contributed by atoms with Gasteiger partial charge in [-0.05, 0) is 32.1 Å². The summed E-state index contributed by atoms with van der Waals surface area (Å²) in [5, 5.41) is 3.52. The second-order valence-electron chi connectivity index (χ2n) is 5.86. The molecular formula is C14H26FN. The highest BCUT2D eigenvalue weighted by Crippen LogP contribution is 2.39. The molecule has 0 aromatic rings. The Bertz CT molecular complexity index is 205. The molecule has 0 amide bonds. The van der Waals surface area contributed by atoms with E-state index < -0.39 is 5.67 Å². The first-order valence-electron chi connectivity index (χ1n) is 7.17. The standard InChI is InChI=1S/C14H26FN/c1-2-3-4-5-6-9-14(15)10-12-7-8-13(11-14)16-12/h12-13,16H,2-11H2,1H3. The van der Waals surface area contributed by atoms with E-state index in [-0.39, 0.29) is 0 Å². The third kappa shape index (κ3) is 3.19. The van der Waals surface area contributed by atoms with E-state index in [2.05, 4.69) is 12.2 Å².